The predicted molar refractivity (Wildman–Crippen MR) is 96.8 cm³/mol. The summed E-state index contributed by atoms with van der Waals surface area (Å²) in [4.78, 5) is 26.3. The van der Waals surface area contributed by atoms with E-state index in [4.69, 9.17) is 16.3 Å². The highest BCUT2D eigenvalue weighted by Crippen LogP contribution is 2.31. The third kappa shape index (κ3) is 3.94. The maximum atomic E-state index is 12.4. The zero-order valence-electron chi connectivity index (χ0n) is 13.9. The molecule has 0 radical (unpaired) electrons. The van der Waals surface area contributed by atoms with Gasteiger partial charge in [0.2, 0.25) is 11.8 Å². The lowest BCUT2D eigenvalue weighted by Gasteiger charge is -2.18. The van der Waals surface area contributed by atoms with Gasteiger partial charge in [0.25, 0.3) is 0 Å². The number of para-hydroxylation sites is 1. The average Bonchev–Trinajstić information content (AvgIpc) is 3.02. The Morgan fingerprint density at radius 2 is 2.08 bits per heavy atom. The van der Waals surface area contributed by atoms with Crippen molar-refractivity contribution in [3.63, 3.8) is 0 Å². The Morgan fingerprint density at radius 3 is 2.84 bits per heavy atom. The molecule has 1 aliphatic rings. The molecule has 1 aliphatic heterocycles. The predicted octanol–water partition coefficient (Wildman–Crippen LogP) is 3.02. The monoisotopic (exact) mass is 358 g/mol. The second-order valence-corrected chi connectivity index (χ2v) is 6.33. The molecule has 1 fully saturated rings. The van der Waals surface area contributed by atoms with Crippen LogP contribution in [-0.2, 0) is 16.1 Å². The molecule has 2 aromatic rings. The van der Waals surface area contributed by atoms with Crippen LogP contribution in [0, 0.1) is 5.92 Å². The van der Waals surface area contributed by atoms with Crippen molar-refractivity contribution in [3.05, 3.63) is 59.1 Å². The van der Waals surface area contributed by atoms with Gasteiger partial charge in [0.05, 0.1) is 23.7 Å². The van der Waals surface area contributed by atoms with E-state index in [1.54, 1.807) is 24.1 Å². The van der Waals surface area contributed by atoms with Crippen LogP contribution < -0.4 is 15.0 Å². The second-order valence-electron chi connectivity index (χ2n) is 5.93. The van der Waals surface area contributed by atoms with Crippen LogP contribution in [0.25, 0.3) is 0 Å². The third-order valence-corrected chi connectivity index (χ3v) is 4.56. The molecule has 1 N–H and O–H groups in total. The first-order valence-electron chi connectivity index (χ1n) is 8.04. The van der Waals surface area contributed by atoms with Crippen LogP contribution in [0.15, 0.2) is 48.5 Å². The van der Waals surface area contributed by atoms with Gasteiger partial charge >= 0.3 is 0 Å². The van der Waals surface area contributed by atoms with Crippen molar-refractivity contribution < 1.29 is 14.3 Å². The number of carbonyl (C=O) groups excluding carboxylic acids is 2. The molecule has 0 bridgehead atoms. The van der Waals surface area contributed by atoms with Crippen LogP contribution >= 0.6 is 11.6 Å². The van der Waals surface area contributed by atoms with Gasteiger partial charge < -0.3 is 15.0 Å². The van der Waals surface area contributed by atoms with E-state index in [2.05, 4.69) is 5.32 Å². The van der Waals surface area contributed by atoms with Gasteiger partial charge in [-0.1, -0.05) is 35.9 Å². The number of anilines is 1. The summed E-state index contributed by atoms with van der Waals surface area (Å²) in [6, 6.07) is 14.7. The quantitative estimate of drug-likeness (QED) is 0.893. The number of amides is 2. The van der Waals surface area contributed by atoms with Gasteiger partial charge in [-0.05, 0) is 29.8 Å². The molecule has 0 spiro atoms. The zero-order chi connectivity index (χ0) is 17.8. The van der Waals surface area contributed by atoms with Crippen LogP contribution in [-0.4, -0.2) is 25.5 Å². The third-order valence-electron chi connectivity index (χ3n) is 4.24. The van der Waals surface area contributed by atoms with Crippen LogP contribution in [0.4, 0.5) is 5.69 Å². The Kier molecular flexibility index (Phi) is 5.24. The van der Waals surface area contributed by atoms with Gasteiger partial charge in [-0.2, -0.15) is 0 Å². The topological polar surface area (TPSA) is 58.6 Å². The molecule has 2 aromatic carbocycles. The molecule has 1 heterocycles. The Labute approximate surface area is 151 Å². The molecular formula is C19H19ClN2O3. The minimum atomic E-state index is -0.380. The van der Waals surface area contributed by atoms with E-state index in [1.165, 1.54) is 0 Å². The van der Waals surface area contributed by atoms with Crippen molar-refractivity contribution in [1.29, 1.82) is 0 Å². The number of benzene rings is 2. The van der Waals surface area contributed by atoms with E-state index in [1.807, 2.05) is 36.4 Å². The summed E-state index contributed by atoms with van der Waals surface area (Å²) in [6.07, 6.45) is 0.190. The van der Waals surface area contributed by atoms with Crippen molar-refractivity contribution in [2.24, 2.45) is 5.92 Å². The smallest absolute Gasteiger partial charge is 0.227 e. The maximum absolute atomic E-state index is 12.4. The summed E-state index contributed by atoms with van der Waals surface area (Å²) in [7, 11) is 1.60. The van der Waals surface area contributed by atoms with Crippen LogP contribution in [0.2, 0.25) is 5.02 Å². The van der Waals surface area contributed by atoms with Gasteiger partial charge in [0.1, 0.15) is 5.75 Å². The first-order chi connectivity index (χ1) is 12.1. The number of methoxy groups -OCH3 is 1. The Morgan fingerprint density at radius 1 is 1.28 bits per heavy atom. The Hall–Kier alpha value is -2.53. The number of nitrogens with zero attached hydrogens (tertiary/aromatic N) is 1. The molecule has 130 valence electrons. The largest absolute Gasteiger partial charge is 0.497 e. The maximum Gasteiger partial charge on any atom is 0.227 e. The summed E-state index contributed by atoms with van der Waals surface area (Å²) < 4.78 is 5.17. The Balaban J connectivity index is 1.62. The van der Waals surface area contributed by atoms with Crippen LogP contribution in [0.1, 0.15) is 12.0 Å². The first-order valence-corrected chi connectivity index (χ1v) is 8.42. The molecule has 3 rings (SSSR count). The van der Waals surface area contributed by atoms with E-state index < -0.39 is 0 Å². The van der Waals surface area contributed by atoms with Gasteiger partial charge in [0, 0.05) is 19.5 Å². The summed E-state index contributed by atoms with van der Waals surface area (Å²) in [5.74, 6) is 0.141. The molecule has 0 aliphatic carbocycles. The summed E-state index contributed by atoms with van der Waals surface area (Å²) >= 11 is 6.16. The normalized spacial score (nSPS) is 16.8. The van der Waals surface area contributed by atoms with E-state index in [-0.39, 0.29) is 24.2 Å². The average molecular weight is 359 g/mol. The van der Waals surface area contributed by atoms with Crippen LogP contribution in [0.3, 0.4) is 0 Å². The summed E-state index contributed by atoms with van der Waals surface area (Å²) in [5.41, 5.74) is 1.59. The number of nitrogens with one attached hydrogen (secondary N) is 1. The summed E-state index contributed by atoms with van der Waals surface area (Å²) in [5, 5.41) is 3.40. The first kappa shape index (κ1) is 17.3. The number of rotatable bonds is 5. The van der Waals surface area contributed by atoms with Crippen molar-refractivity contribution in [3.8, 4) is 5.75 Å². The van der Waals surface area contributed by atoms with Gasteiger partial charge in [-0.25, -0.2) is 0 Å². The standard InChI is InChI=1S/C19H19ClN2O3/c1-25-15-6-4-5-13(9-15)11-21-19(24)14-10-18(23)22(12-14)17-8-3-2-7-16(17)20/h2-9,14H,10-12H2,1H3,(H,21,24)/t14-/m1/s1. The van der Waals surface area contributed by atoms with Crippen molar-refractivity contribution >= 4 is 29.1 Å². The van der Waals surface area contributed by atoms with Crippen molar-refractivity contribution in [2.45, 2.75) is 13.0 Å². The lowest BCUT2D eigenvalue weighted by atomic mass is 10.1. The van der Waals surface area contributed by atoms with E-state index in [0.717, 1.165) is 11.3 Å². The van der Waals surface area contributed by atoms with Crippen molar-refractivity contribution in [2.75, 3.05) is 18.6 Å². The number of hydrogen-bond donors (Lipinski definition) is 1. The molecule has 0 unspecified atom stereocenters. The fourth-order valence-corrected chi connectivity index (χ4v) is 3.14. The molecule has 0 aromatic heterocycles. The van der Waals surface area contributed by atoms with E-state index in [0.29, 0.717) is 23.8 Å². The highest BCUT2D eigenvalue weighted by atomic mass is 35.5. The minimum absolute atomic E-state index is 0.0883. The SMILES string of the molecule is COc1cccc(CNC(=O)[C@@H]2CC(=O)N(c3ccccc3Cl)C2)c1. The molecule has 1 saturated heterocycles. The minimum Gasteiger partial charge on any atom is -0.497 e. The Bertz CT molecular complexity index is 794. The number of hydrogen-bond acceptors (Lipinski definition) is 3. The fraction of sp³-hybridized carbons (Fsp3) is 0.263. The summed E-state index contributed by atoms with van der Waals surface area (Å²) in [6.45, 7) is 0.735. The molecule has 5 nitrogen and oxygen atoms in total. The van der Waals surface area contributed by atoms with Crippen LogP contribution in [0.5, 0.6) is 5.75 Å². The number of ether oxygens (including phenoxy) is 1. The molecule has 1 atom stereocenters. The highest BCUT2D eigenvalue weighted by molar-refractivity contribution is 6.33. The lowest BCUT2D eigenvalue weighted by molar-refractivity contribution is -0.126. The lowest BCUT2D eigenvalue weighted by Crippen LogP contribution is -2.32. The fourth-order valence-electron chi connectivity index (χ4n) is 2.90. The van der Waals surface area contributed by atoms with Gasteiger partial charge in [-0.15, -0.1) is 0 Å². The van der Waals surface area contributed by atoms with E-state index >= 15 is 0 Å². The highest BCUT2D eigenvalue weighted by Gasteiger charge is 2.35. The second kappa shape index (κ2) is 7.57. The van der Waals surface area contributed by atoms with Gasteiger partial charge in [-0.3, -0.25) is 9.59 Å². The molecule has 0 saturated carbocycles. The molecular weight excluding hydrogens is 340 g/mol. The van der Waals surface area contributed by atoms with Gasteiger partial charge in [0.15, 0.2) is 0 Å². The zero-order valence-corrected chi connectivity index (χ0v) is 14.6. The molecule has 25 heavy (non-hydrogen) atoms. The molecule has 6 heteroatoms. The number of carbonyl (C=O) groups is 2. The van der Waals surface area contributed by atoms with Crippen molar-refractivity contribution in [1.82, 2.24) is 5.32 Å². The molecule has 2 amide bonds. The number of halogens is 1. The van der Waals surface area contributed by atoms with E-state index in [9.17, 15) is 9.59 Å².